The first-order chi connectivity index (χ1) is 13.1. The van der Waals surface area contributed by atoms with Crippen molar-refractivity contribution in [3.05, 3.63) is 45.8 Å². The van der Waals surface area contributed by atoms with Crippen molar-refractivity contribution in [2.75, 3.05) is 20.3 Å². The Morgan fingerprint density at radius 1 is 1.22 bits per heavy atom. The minimum absolute atomic E-state index is 0.160. The van der Waals surface area contributed by atoms with Gasteiger partial charge >= 0.3 is 0 Å². The molecule has 0 saturated carbocycles. The van der Waals surface area contributed by atoms with Gasteiger partial charge in [0.1, 0.15) is 6.07 Å². The molecule has 6 nitrogen and oxygen atoms in total. The lowest BCUT2D eigenvalue weighted by Crippen LogP contribution is -2.03. The molecule has 0 aromatic carbocycles. The summed E-state index contributed by atoms with van der Waals surface area (Å²) in [6, 6.07) is 5.46. The summed E-state index contributed by atoms with van der Waals surface area (Å²) in [6.45, 7) is 0.591. The molecule has 27 heavy (non-hydrogen) atoms. The monoisotopic (exact) mass is 407 g/mol. The Bertz CT molecular complexity index is 830. The number of aliphatic hydroxyl groups is 1. The lowest BCUT2D eigenvalue weighted by Gasteiger charge is -2.11. The van der Waals surface area contributed by atoms with Crippen molar-refractivity contribution in [3.8, 4) is 17.7 Å². The first kappa shape index (κ1) is 21.0. The smallest absolute Gasteiger partial charge is 0.257 e. The molecular formula is C19H19Cl2N3O3. The molecule has 0 aliphatic heterocycles. The van der Waals surface area contributed by atoms with Gasteiger partial charge in [-0.3, -0.25) is 4.98 Å². The highest BCUT2D eigenvalue weighted by molar-refractivity contribution is 6.37. The molecule has 0 amide bonds. The van der Waals surface area contributed by atoms with Crippen LogP contribution in [0.2, 0.25) is 10.0 Å². The fourth-order valence-electron chi connectivity index (χ4n) is 2.26. The quantitative estimate of drug-likeness (QED) is 0.489. The number of nitriles is 1. The van der Waals surface area contributed by atoms with E-state index in [1.165, 1.54) is 19.5 Å². The molecule has 0 saturated heterocycles. The summed E-state index contributed by atoms with van der Waals surface area (Å²) in [7, 11) is 1.52. The zero-order chi connectivity index (χ0) is 19.6. The van der Waals surface area contributed by atoms with Gasteiger partial charge in [-0.05, 0) is 37.5 Å². The molecule has 8 heteroatoms. The maximum atomic E-state index is 9.56. The minimum Gasteiger partial charge on any atom is -0.491 e. The number of hydrogen-bond donors (Lipinski definition) is 1. The van der Waals surface area contributed by atoms with Crippen LogP contribution in [0, 0.1) is 11.3 Å². The van der Waals surface area contributed by atoms with E-state index >= 15 is 0 Å². The van der Waals surface area contributed by atoms with Gasteiger partial charge in [0, 0.05) is 24.6 Å². The van der Waals surface area contributed by atoms with Crippen LogP contribution >= 0.6 is 23.2 Å². The van der Waals surface area contributed by atoms with E-state index in [1.807, 2.05) is 0 Å². The van der Waals surface area contributed by atoms with E-state index < -0.39 is 0 Å². The van der Waals surface area contributed by atoms with Crippen LogP contribution in [-0.2, 0) is 0 Å². The number of ether oxygens (including phenoxy) is 2. The van der Waals surface area contributed by atoms with E-state index in [0.29, 0.717) is 39.5 Å². The molecule has 2 rings (SSSR count). The molecule has 0 atom stereocenters. The molecule has 0 fully saturated rings. The van der Waals surface area contributed by atoms with E-state index in [4.69, 9.17) is 37.8 Å². The topological polar surface area (TPSA) is 88.3 Å². The van der Waals surface area contributed by atoms with Crippen LogP contribution in [0.15, 0.2) is 24.5 Å². The third-order valence-electron chi connectivity index (χ3n) is 3.66. The number of aliphatic hydroxyl groups excluding tert-OH is 1. The summed E-state index contributed by atoms with van der Waals surface area (Å²) in [5.41, 5.74) is 1.18. The highest BCUT2D eigenvalue weighted by Gasteiger charge is 2.13. The Hall–Kier alpha value is -2.33. The van der Waals surface area contributed by atoms with Crippen molar-refractivity contribution < 1.29 is 14.6 Å². The second-order valence-corrected chi connectivity index (χ2v) is 6.34. The van der Waals surface area contributed by atoms with Crippen LogP contribution < -0.4 is 9.47 Å². The fourth-order valence-corrected chi connectivity index (χ4v) is 2.74. The number of pyridine rings is 2. The number of methoxy groups -OCH3 is 1. The number of rotatable bonds is 9. The Morgan fingerprint density at radius 3 is 2.59 bits per heavy atom. The molecule has 0 spiro atoms. The molecule has 0 aliphatic rings. The van der Waals surface area contributed by atoms with E-state index in [0.717, 1.165) is 19.3 Å². The predicted octanol–water partition coefficient (Wildman–Crippen LogP) is 4.40. The molecule has 2 aromatic rings. The van der Waals surface area contributed by atoms with Crippen molar-refractivity contribution in [3.63, 3.8) is 0 Å². The zero-order valence-corrected chi connectivity index (χ0v) is 16.3. The third-order valence-corrected chi connectivity index (χ3v) is 4.26. The summed E-state index contributed by atoms with van der Waals surface area (Å²) in [5.74, 6) is 0.769. The maximum absolute atomic E-state index is 9.56. The average Bonchev–Trinajstić information content (AvgIpc) is 2.67. The van der Waals surface area contributed by atoms with Gasteiger partial charge in [-0.25, -0.2) is 4.98 Å². The van der Waals surface area contributed by atoms with E-state index in [9.17, 15) is 5.26 Å². The van der Waals surface area contributed by atoms with Crippen molar-refractivity contribution in [1.29, 1.82) is 5.26 Å². The van der Waals surface area contributed by atoms with E-state index in [-0.39, 0.29) is 12.2 Å². The molecule has 0 radical (unpaired) electrons. The van der Waals surface area contributed by atoms with Crippen LogP contribution in [0.1, 0.15) is 30.5 Å². The number of aromatic nitrogens is 2. The van der Waals surface area contributed by atoms with Gasteiger partial charge in [-0.2, -0.15) is 5.26 Å². The molecule has 142 valence electrons. The number of allylic oxidation sites excluding steroid dienone is 1. The van der Waals surface area contributed by atoms with Gasteiger partial charge < -0.3 is 14.6 Å². The van der Waals surface area contributed by atoms with Gasteiger partial charge in [0.2, 0.25) is 0 Å². The molecule has 0 bridgehead atoms. The van der Waals surface area contributed by atoms with Crippen LogP contribution in [0.4, 0.5) is 0 Å². The predicted molar refractivity (Wildman–Crippen MR) is 105 cm³/mol. The lowest BCUT2D eigenvalue weighted by molar-refractivity contribution is 0.255. The van der Waals surface area contributed by atoms with Gasteiger partial charge in [0.25, 0.3) is 5.88 Å². The van der Waals surface area contributed by atoms with Crippen molar-refractivity contribution in [2.24, 2.45) is 0 Å². The second-order valence-electron chi connectivity index (χ2n) is 5.52. The first-order valence-electron chi connectivity index (χ1n) is 8.30. The van der Waals surface area contributed by atoms with E-state index in [2.05, 4.69) is 16.0 Å². The molecule has 1 N–H and O–H groups in total. The number of unbranched alkanes of at least 4 members (excludes halogenated alkanes) is 2. The second kappa shape index (κ2) is 10.7. The minimum atomic E-state index is 0.160. The standard InChI is InChI=1S/C19H19Cl2N3O3/c1-26-18-6-5-17(24-19(18)27-8-4-2-3-7-25)13(10-22)9-14-15(20)11-23-12-16(14)21/h5-6,9,11-12,25H,2-4,7-8H2,1H3/b13-9+. The summed E-state index contributed by atoms with van der Waals surface area (Å²) in [6.07, 6.45) is 6.82. The summed E-state index contributed by atoms with van der Waals surface area (Å²) in [4.78, 5) is 8.30. The van der Waals surface area contributed by atoms with Gasteiger partial charge in [0.05, 0.1) is 35.0 Å². The van der Waals surface area contributed by atoms with Gasteiger partial charge in [-0.15, -0.1) is 0 Å². The lowest BCUT2D eigenvalue weighted by atomic mass is 10.1. The maximum Gasteiger partial charge on any atom is 0.257 e. The van der Waals surface area contributed by atoms with Gasteiger partial charge in [0.15, 0.2) is 5.75 Å². The molecule has 2 heterocycles. The molecule has 0 unspecified atom stereocenters. The fraction of sp³-hybridized carbons (Fsp3) is 0.316. The van der Waals surface area contributed by atoms with Crippen LogP contribution in [0.3, 0.4) is 0 Å². The normalized spacial score (nSPS) is 11.1. The van der Waals surface area contributed by atoms with Crippen molar-refractivity contribution >= 4 is 34.9 Å². The van der Waals surface area contributed by atoms with Gasteiger partial charge in [-0.1, -0.05) is 23.2 Å². The summed E-state index contributed by atoms with van der Waals surface area (Å²) < 4.78 is 11.0. The van der Waals surface area contributed by atoms with E-state index in [1.54, 1.807) is 18.2 Å². The SMILES string of the molecule is COc1ccc(/C(C#N)=C/c2c(Cl)cncc2Cl)nc1OCCCCCO. The Labute approximate surface area is 168 Å². The number of nitrogens with zero attached hydrogens (tertiary/aromatic N) is 3. The Morgan fingerprint density at radius 2 is 1.96 bits per heavy atom. The highest BCUT2D eigenvalue weighted by atomic mass is 35.5. The number of hydrogen-bond acceptors (Lipinski definition) is 6. The van der Waals surface area contributed by atoms with Crippen LogP contribution in [-0.4, -0.2) is 35.4 Å². The average molecular weight is 408 g/mol. The molecule has 0 aliphatic carbocycles. The largest absolute Gasteiger partial charge is 0.491 e. The van der Waals surface area contributed by atoms with Crippen LogP contribution in [0.5, 0.6) is 11.6 Å². The summed E-state index contributed by atoms with van der Waals surface area (Å²) >= 11 is 12.2. The molecular weight excluding hydrogens is 389 g/mol. The zero-order valence-electron chi connectivity index (χ0n) is 14.8. The van der Waals surface area contributed by atoms with Crippen molar-refractivity contribution in [1.82, 2.24) is 9.97 Å². The summed E-state index contributed by atoms with van der Waals surface area (Å²) in [5, 5.41) is 19.0. The molecule has 2 aromatic heterocycles. The third kappa shape index (κ3) is 5.83. The first-order valence-corrected chi connectivity index (χ1v) is 9.06. The Balaban J connectivity index is 2.29. The Kier molecular flexibility index (Phi) is 8.34. The van der Waals surface area contributed by atoms with Crippen molar-refractivity contribution in [2.45, 2.75) is 19.3 Å². The highest BCUT2D eigenvalue weighted by Crippen LogP contribution is 2.30. The van der Waals surface area contributed by atoms with Crippen LogP contribution in [0.25, 0.3) is 11.6 Å². The number of halogens is 2.